The van der Waals surface area contributed by atoms with Crippen molar-refractivity contribution in [1.82, 2.24) is 25.4 Å². The van der Waals surface area contributed by atoms with Crippen LogP contribution in [-0.2, 0) is 0 Å². The molecule has 0 aliphatic rings. The van der Waals surface area contributed by atoms with E-state index in [2.05, 4.69) is 36.0 Å². The van der Waals surface area contributed by atoms with Gasteiger partial charge in [-0.2, -0.15) is 20.3 Å². The summed E-state index contributed by atoms with van der Waals surface area (Å²) in [7, 11) is 0. The summed E-state index contributed by atoms with van der Waals surface area (Å²) in [6.45, 7) is 4.07. The van der Waals surface area contributed by atoms with E-state index in [9.17, 15) is 5.11 Å². The number of rotatable bonds is 5. The monoisotopic (exact) mass is 299 g/mol. The molecular formula is C14H17N7O. The van der Waals surface area contributed by atoms with Crippen molar-refractivity contribution in [2.75, 3.05) is 17.2 Å². The van der Waals surface area contributed by atoms with Crippen LogP contribution in [0.5, 0.6) is 0 Å². The van der Waals surface area contributed by atoms with E-state index in [1.807, 2.05) is 31.2 Å². The van der Waals surface area contributed by atoms with Crippen LogP contribution in [0.15, 0.2) is 24.3 Å². The molecule has 8 heteroatoms. The lowest BCUT2D eigenvalue weighted by Gasteiger charge is -2.10. The smallest absolute Gasteiger partial charge is 0.227 e. The highest BCUT2D eigenvalue weighted by molar-refractivity contribution is 5.85. The molecule has 0 saturated carbocycles. The van der Waals surface area contributed by atoms with E-state index in [0.29, 0.717) is 29.5 Å². The van der Waals surface area contributed by atoms with E-state index >= 15 is 0 Å². The fraction of sp³-hybridized carbons (Fsp3) is 0.286. The number of hydrogen-bond acceptors (Lipinski definition) is 7. The Morgan fingerprint density at radius 3 is 2.68 bits per heavy atom. The highest BCUT2D eigenvalue weighted by Crippen LogP contribution is 2.22. The summed E-state index contributed by atoms with van der Waals surface area (Å²) in [5, 5.41) is 26.1. The number of aromatic nitrogens is 5. The number of nitrogens with one attached hydrogen (secondary N) is 3. The van der Waals surface area contributed by atoms with Gasteiger partial charge in [0, 0.05) is 12.2 Å². The number of aliphatic hydroxyl groups excluding tert-OH is 1. The second kappa shape index (κ2) is 5.94. The molecule has 4 N–H and O–H groups in total. The molecular weight excluding hydrogens is 282 g/mol. The lowest BCUT2D eigenvalue weighted by molar-refractivity contribution is 0.208. The summed E-state index contributed by atoms with van der Waals surface area (Å²) in [4.78, 5) is 8.64. The molecule has 1 unspecified atom stereocenters. The Labute approximate surface area is 127 Å². The van der Waals surface area contributed by atoms with Gasteiger partial charge < -0.3 is 15.7 Å². The van der Waals surface area contributed by atoms with Crippen LogP contribution in [0.2, 0.25) is 0 Å². The van der Waals surface area contributed by atoms with Gasteiger partial charge in [0.25, 0.3) is 0 Å². The minimum Gasteiger partial charge on any atom is -0.392 e. The van der Waals surface area contributed by atoms with Gasteiger partial charge in [0.15, 0.2) is 11.3 Å². The largest absolute Gasteiger partial charge is 0.392 e. The van der Waals surface area contributed by atoms with E-state index in [0.717, 1.165) is 5.69 Å². The summed E-state index contributed by atoms with van der Waals surface area (Å²) in [5.41, 5.74) is 3.09. The molecule has 3 rings (SSSR count). The molecule has 22 heavy (non-hydrogen) atoms. The predicted molar refractivity (Wildman–Crippen MR) is 84.1 cm³/mol. The van der Waals surface area contributed by atoms with Gasteiger partial charge in [0.1, 0.15) is 0 Å². The van der Waals surface area contributed by atoms with Crippen molar-refractivity contribution in [2.24, 2.45) is 0 Å². The highest BCUT2D eigenvalue weighted by Gasteiger charge is 2.12. The quantitative estimate of drug-likeness (QED) is 0.566. The van der Waals surface area contributed by atoms with Gasteiger partial charge in [-0.3, -0.25) is 0 Å². The minimum atomic E-state index is -0.495. The summed E-state index contributed by atoms with van der Waals surface area (Å²) in [6, 6.07) is 7.95. The Hall–Kier alpha value is -2.74. The topological polar surface area (TPSA) is 112 Å². The first-order valence-corrected chi connectivity index (χ1v) is 6.96. The number of nitrogens with zero attached hydrogens (tertiary/aromatic N) is 4. The zero-order chi connectivity index (χ0) is 15.5. The first-order valence-electron chi connectivity index (χ1n) is 6.96. The molecule has 0 saturated heterocycles. The SMILES string of the molecule is Cc1ccc(Nc2nc(NCC(C)O)nc3n[nH]nc23)cc1. The maximum Gasteiger partial charge on any atom is 0.227 e. The Kier molecular flexibility index (Phi) is 3.84. The molecule has 2 aromatic heterocycles. The number of hydrogen-bond donors (Lipinski definition) is 4. The number of aryl methyl sites for hydroxylation is 1. The molecule has 3 aromatic rings. The molecule has 0 spiro atoms. The number of H-pyrrole nitrogens is 1. The highest BCUT2D eigenvalue weighted by atomic mass is 16.3. The van der Waals surface area contributed by atoms with Crippen LogP contribution >= 0.6 is 0 Å². The Morgan fingerprint density at radius 1 is 1.18 bits per heavy atom. The van der Waals surface area contributed by atoms with Crippen LogP contribution in [0.4, 0.5) is 17.5 Å². The average Bonchev–Trinajstić information content (AvgIpc) is 2.96. The molecule has 2 heterocycles. The van der Waals surface area contributed by atoms with E-state index in [1.54, 1.807) is 6.92 Å². The number of aromatic amines is 1. The Balaban J connectivity index is 1.92. The van der Waals surface area contributed by atoms with Gasteiger partial charge in [-0.05, 0) is 26.0 Å². The fourth-order valence-corrected chi connectivity index (χ4v) is 1.93. The summed E-state index contributed by atoms with van der Waals surface area (Å²) in [5.74, 6) is 0.938. The van der Waals surface area contributed by atoms with Gasteiger partial charge in [-0.15, -0.1) is 5.10 Å². The van der Waals surface area contributed by atoms with E-state index < -0.39 is 6.10 Å². The summed E-state index contributed by atoms with van der Waals surface area (Å²) >= 11 is 0. The molecule has 1 atom stereocenters. The van der Waals surface area contributed by atoms with Crippen molar-refractivity contribution in [1.29, 1.82) is 0 Å². The molecule has 0 aliphatic carbocycles. The maximum atomic E-state index is 9.35. The van der Waals surface area contributed by atoms with Crippen molar-refractivity contribution in [3.05, 3.63) is 29.8 Å². The van der Waals surface area contributed by atoms with Gasteiger partial charge >= 0.3 is 0 Å². The van der Waals surface area contributed by atoms with Crippen LogP contribution < -0.4 is 10.6 Å². The van der Waals surface area contributed by atoms with Crippen LogP contribution in [-0.4, -0.2) is 43.1 Å². The molecule has 8 nitrogen and oxygen atoms in total. The minimum absolute atomic E-state index is 0.354. The second-order valence-electron chi connectivity index (χ2n) is 5.11. The Bertz CT molecular complexity index is 766. The van der Waals surface area contributed by atoms with Gasteiger partial charge in [-0.25, -0.2) is 0 Å². The summed E-state index contributed by atoms with van der Waals surface area (Å²) in [6.07, 6.45) is -0.495. The number of aliphatic hydroxyl groups is 1. The zero-order valence-electron chi connectivity index (χ0n) is 12.3. The molecule has 0 radical (unpaired) electrons. The summed E-state index contributed by atoms with van der Waals surface area (Å²) < 4.78 is 0. The molecule has 0 fully saturated rings. The third-order valence-corrected chi connectivity index (χ3v) is 3.05. The third kappa shape index (κ3) is 3.12. The molecule has 0 amide bonds. The van der Waals surface area contributed by atoms with E-state index in [-0.39, 0.29) is 0 Å². The normalized spacial score (nSPS) is 12.3. The number of benzene rings is 1. The lowest BCUT2D eigenvalue weighted by Crippen LogP contribution is -2.17. The maximum absolute atomic E-state index is 9.35. The first-order chi connectivity index (χ1) is 10.6. The molecule has 0 bridgehead atoms. The average molecular weight is 299 g/mol. The van der Waals surface area contributed by atoms with Crippen LogP contribution in [0.25, 0.3) is 11.2 Å². The lowest BCUT2D eigenvalue weighted by atomic mass is 10.2. The predicted octanol–water partition coefficient (Wildman–Crippen LogP) is 1.59. The van der Waals surface area contributed by atoms with Crippen molar-refractivity contribution in [2.45, 2.75) is 20.0 Å². The van der Waals surface area contributed by atoms with E-state index in [4.69, 9.17) is 0 Å². The van der Waals surface area contributed by atoms with Crippen molar-refractivity contribution in [3.63, 3.8) is 0 Å². The van der Waals surface area contributed by atoms with Crippen molar-refractivity contribution >= 4 is 28.6 Å². The number of anilines is 3. The zero-order valence-corrected chi connectivity index (χ0v) is 12.3. The number of fused-ring (bicyclic) bond motifs is 1. The standard InChI is InChI=1S/C14H17N7O/c1-8-3-5-10(6-4-8)16-12-11-13(20-21-19-11)18-14(17-12)15-7-9(2)22/h3-6,9,22H,7H2,1-2H3,(H3,15,16,17,18,19,20,21). The molecule has 114 valence electrons. The molecule has 0 aliphatic heterocycles. The van der Waals surface area contributed by atoms with E-state index in [1.165, 1.54) is 5.56 Å². The fourth-order valence-electron chi connectivity index (χ4n) is 1.93. The van der Waals surface area contributed by atoms with Crippen LogP contribution in [0, 0.1) is 6.92 Å². The second-order valence-corrected chi connectivity index (χ2v) is 5.11. The molecule has 1 aromatic carbocycles. The van der Waals surface area contributed by atoms with Gasteiger partial charge in [0.05, 0.1) is 6.10 Å². The van der Waals surface area contributed by atoms with Gasteiger partial charge in [0.2, 0.25) is 11.6 Å². The van der Waals surface area contributed by atoms with Gasteiger partial charge in [-0.1, -0.05) is 17.7 Å². The van der Waals surface area contributed by atoms with Crippen molar-refractivity contribution in [3.8, 4) is 0 Å². The van der Waals surface area contributed by atoms with Crippen LogP contribution in [0.3, 0.4) is 0 Å². The Morgan fingerprint density at radius 2 is 1.95 bits per heavy atom. The third-order valence-electron chi connectivity index (χ3n) is 3.05. The van der Waals surface area contributed by atoms with Crippen molar-refractivity contribution < 1.29 is 5.11 Å². The van der Waals surface area contributed by atoms with Crippen LogP contribution in [0.1, 0.15) is 12.5 Å². The first kappa shape index (κ1) is 14.2.